The van der Waals surface area contributed by atoms with E-state index in [0.29, 0.717) is 17.9 Å². The first-order valence-electron chi connectivity index (χ1n) is 8.46. The van der Waals surface area contributed by atoms with E-state index in [1.807, 2.05) is 13.0 Å². The van der Waals surface area contributed by atoms with E-state index < -0.39 is 0 Å². The first-order chi connectivity index (χ1) is 12.1. The normalized spacial score (nSPS) is 10.6. The number of carbonyl (C=O) groups is 1. The van der Waals surface area contributed by atoms with E-state index in [1.54, 1.807) is 19.2 Å². The number of aryl methyl sites for hydroxylation is 1. The third kappa shape index (κ3) is 5.13. The summed E-state index contributed by atoms with van der Waals surface area (Å²) < 4.78 is 5.34. The van der Waals surface area contributed by atoms with Gasteiger partial charge in [-0.1, -0.05) is 38.3 Å². The Hall–Kier alpha value is -2.21. The summed E-state index contributed by atoms with van der Waals surface area (Å²) in [5, 5.41) is 11.1. The number of pyridine rings is 1. The van der Waals surface area contributed by atoms with Gasteiger partial charge in [-0.15, -0.1) is 10.2 Å². The maximum atomic E-state index is 12.4. The topological polar surface area (TPSA) is 77.0 Å². The van der Waals surface area contributed by atoms with Crippen molar-refractivity contribution in [2.45, 2.75) is 46.0 Å². The summed E-state index contributed by atoms with van der Waals surface area (Å²) in [6, 6.07) is 5.25. The fraction of sp³-hybridized carbons (Fsp3) is 0.444. The molecule has 0 bridgehead atoms. The number of nitrogens with zero attached hydrogens (tertiary/aromatic N) is 3. The van der Waals surface area contributed by atoms with E-state index >= 15 is 0 Å². The number of nitrogens with one attached hydrogen (secondary N) is 1. The molecule has 2 heterocycles. The first kappa shape index (κ1) is 19.1. The molecule has 134 valence electrons. The lowest BCUT2D eigenvalue weighted by Crippen LogP contribution is -2.09. The molecule has 0 fully saturated rings. The first-order valence-corrected chi connectivity index (χ1v) is 8.84. The molecule has 6 nitrogen and oxygen atoms in total. The lowest BCUT2D eigenvalue weighted by atomic mass is 10.1. The Kier molecular flexibility index (Phi) is 7.13. The average Bonchev–Trinajstić information content (AvgIpc) is 2.60. The van der Waals surface area contributed by atoms with Gasteiger partial charge in [0.2, 0.25) is 0 Å². The number of aromatic nitrogens is 3. The molecular weight excluding hydrogens is 340 g/mol. The fourth-order valence-corrected chi connectivity index (χ4v) is 2.57. The average molecular weight is 363 g/mol. The van der Waals surface area contributed by atoms with Gasteiger partial charge in [0.15, 0.2) is 16.6 Å². The molecule has 0 aliphatic rings. The number of hydrogen-bond acceptors (Lipinski definition) is 6. The molecule has 0 spiro atoms. The lowest BCUT2D eigenvalue weighted by Gasteiger charge is -2.12. The number of ether oxygens (including phenoxy) is 1. The van der Waals surface area contributed by atoms with Gasteiger partial charge in [-0.2, -0.15) is 0 Å². The van der Waals surface area contributed by atoms with Crippen LogP contribution in [0.1, 0.15) is 55.7 Å². The van der Waals surface area contributed by atoms with Gasteiger partial charge in [0.05, 0.1) is 18.5 Å². The van der Waals surface area contributed by atoms with Crippen LogP contribution >= 0.6 is 11.6 Å². The van der Waals surface area contributed by atoms with E-state index in [9.17, 15) is 4.79 Å². The molecule has 0 aromatic carbocycles. The Labute approximate surface area is 153 Å². The van der Waals surface area contributed by atoms with Gasteiger partial charge in [-0.3, -0.25) is 4.79 Å². The molecule has 2 aromatic heterocycles. The van der Waals surface area contributed by atoms with Crippen LogP contribution in [0.4, 0.5) is 11.5 Å². The summed E-state index contributed by atoms with van der Waals surface area (Å²) >= 11 is 5.96. The Bertz CT molecular complexity index is 737. The van der Waals surface area contributed by atoms with E-state index in [2.05, 4.69) is 27.4 Å². The second-order valence-corrected chi connectivity index (χ2v) is 6.06. The monoisotopic (exact) mass is 362 g/mol. The van der Waals surface area contributed by atoms with Gasteiger partial charge in [0.25, 0.3) is 0 Å². The van der Waals surface area contributed by atoms with Crippen LogP contribution in [0, 0.1) is 0 Å². The molecule has 2 rings (SSSR count). The minimum atomic E-state index is -0.0594. The zero-order valence-corrected chi connectivity index (χ0v) is 15.6. The molecule has 7 heteroatoms. The van der Waals surface area contributed by atoms with E-state index in [4.69, 9.17) is 16.3 Å². The number of Topliss-reactive ketones (excluding diaryl/α,β-unsaturated/α-hetero) is 1. The third-order valence-corrected chi connectivity index (χ3v) is 3.87. The van der Waals surface area contributed by atoms with Crippen LogP contribution < -0.4 is 10.1 Å². The van der Waals surface area contributed by atoms with Crippen LogP contribution in [-0.4, -0.2) is 28.1 Å². The minimum Gasteiger partial charge on any atom is -0.495 e. The van der Waals surface area contributed by atoms with Crippen molar-refractivity contribution >= 4 is 28.9 Å². The van der Waals surface area contributed by atoms with Crippen LogP contribution in [0.3, 0.4) is 0 Å². The van der Waals surface area contributed by atoms with Gasteiger partial charge in [-0.25, -0.2) is 4.98 Å². The van der Waals surface area contributed by atoms with Gasteiger partial charge < -0.3 is 10.1 Å². The summed E-state index contributed by atoms with van der Waals surface area (Å²) in [7, 11) is 1.63. The van der Waals surface area contributed by atoms with Crippen LogP contribution in [0.5, 0.6) is 5.75 Å². The highest BCUT2D eigenvalue weighted by Crippen LogP contribution is 2.25. The zero-order valence-electron chi connectivity index (χ0n) is 14.8. The highest BCUT2D eigenvalue weighted by molar-refractivity contribution is 6.29. The Balaban J connectivity index is 2.31. The maximum absolute atomic E-state index is 12.4. The Morgan fingerprint density at radius 1 is 1.24 bits per heavy atom. The van der Waals surface area contributed by atoms with Crippen molar-refractivity contribution in [2.75, 3.05) is 12.4 Å². The second kappa shape index (κ2) is 9.32. The number of unbranched alkanes of at least 4 members (excludes halogenated alkanes) is 1. The number of halogens is 1. The van der Waals surface area contributed by atoms with Crippen LogP contribution in [0.25, 0.3) is 0 Å². The van der Waals surface area contributed by atoms with Crippen molar-refractivity contribution in [2.24, 2.45) is 0 Å². The Morgan fingerprint density at radius 3 is 2.72 bits per heavy atom. The predicted molar refractivity (Wildman–Crippen MR) is 99.0 cm³/mol. The fourth-order valence-electron chi connectivity index (χ4n) is 2.42. The van der Waals surface area contributed by atoms with E-state index in [-0.39, 0.29) is 16.6 Å². The van der Waals surface area contributed by atoms with Crippen molar-refractivity contribution in [1.29, 1.82) is 0 Å². The molecule has 0 aliphatic carbocycles. The van der Waals surface area contributed by atoms with Crippen LogP contribution in [0.2, 0.25) is 5.15 Å². The molecule has 0 aliphatic heterocycles. The molecule has 0 radical (unpaired) electrons. The molecule has 0 saturated heterocycles. The molecule has 0 amide bonds. The van der Waals surface area contributed by atoms with Gasteiger partial charge in [0.1, 0.15) is 11.6 Å². The van der Waals surface area contributed by atoms with Crippen LogP contribution in [-0.2, 0) is 6.42 Å². The summed E-state index contributed by atoms with van der Waals surface area (Å²) in [4.78, 5) is 17.0. The van der Waals surface area contributed by atoms with Crippen molar-refractivity contribution in [3.8, 4) is 5.75 Å². The van der Waals surface area contributed by atoms with Crippen molar-refractivity contribution in [3.05, 3.63) is 34.7 Å². The largest absolute Gasteiger partial charge is 0.495 e. The van der Waals surface area contributed by atoms with E-state index in [1.165, 1.54) is 0 Å². The van der Waals surface area contributed by atoms with Crippen molar-refractivity contribution < 1.29 is 9.53 Å². The van der Waals surface area contributed by atoms with Gasteiger partial charge in [-0.05, 0) is 25.0 Å². The number of hydrogen-bond donors (Lipinski definition) is 1. The van der Waals surface area contributed by atoms with Crippen molar-refractivity contribution in [1.82, 2.24) is 15.2 Å². The maximum Gasteiger partial charge on any atom is 0.185 e. The molecule has 0 atom stereocenters. The number of carbonyl (C=O) groups excluding carboxylic acids is 1. The van der Waals surface area contributed by atoms with Crippen molar-refractivity contribution in [3.63, 3.8) is 0 Å². The van der Waals surface area contributed by atoms with Gasteiger partial charge >= 0.3 is 0 Å². The number of anilines is 2. The summed E-state index contributed by atoms with van der Waals surface area (Å²) in [6.45, 7) is 4.12. The zero-order chi connectivity index (χ0) is 18.2. The minimum absolute atomic E-state index is 0.0594. The molecule has 25 heavy (non-hydrogen) atoms. The SMILES string of the molecule is CCCCC(=O)c1nnc(Cl)cc1Nc1ccc(OC)c(CCC)n1. The Morgan fingerprint density at radius 2 is 2.04 bits per heavy atom. The van der Waals surface area contributed by atoms with E-state index in [0.717, 1.165) is 37.1 Å². The quantitative estimate of drug-likeness (QED) is 0.657. The number of ketones is 1. The molecular formula is C18H23ClN4O2. The summed E-state index contributed by atoms with van der Waals surface area (Å²) in [6.07, 6.45) is 3.94. The molecule has 0 saturated carbocycles. The second-order valence-electron chi connectivity index (χ2n) is 5.68. The highest BCUT2D eigenvalue weighted by atomic mass is 35.5. The summed E-state index contributed by atoms with van der Waals surface area (Å²) in [5.41, 5.74) is 1.66. The summed E-state index contributed by atoms with van der Waals surface area (Å²) in [5.74, 6) is 1.30. The molecule has 1 N–H and O–H groups in total. The highest BCUT2D eigenvalue weighted by Gasteiger charge is 2.16. The number of rotatable bonds is 9. The molecule has 0 unspecified atom stereocenters. The molecule has 2 aromatic rings. The van der Waals surface area contributed by atoms with Crippen LogP contribution in [0.15, 0.2) is 18.2 Å². The smallest absolute Gasteiger partial charge is 0.185 e. The lowest BCUT2D eigenvalue weighted by molar-refractivity contribution is 0.0975. The van der Waals surface area contributed by atoms with Gasteiger partial charge in [0, 0.05) is 12.5 Å². The standard InChI is InChI=1S/C18H23ClN4O2/c1-4-6-8-14(24)18-13(11-16(19)22-23-18)21-17-10-9-15(25-3)12(20-17)7-5-2/h9-11H,4-8H2,1-3H3,(H,20,21,22). The third-order valence-electron chi connectivity index (χ3n) is 3.69. The number of methoxy groups -OCH3 is 1. The predicted octanol–water partition coefficient (Wildman–Crippen LogP) is 4.60.